The van der Waals surface area contributed by atoms with Gasteiger partial charge in [-0.1, -0.05) is 18.2 Å². The first-order valence-electron chi connectivity index (χ1n) is 8.93. The third kappa shape index (κ3) is 3.36. The predicted octanol–water partition coefficient (Wildman–Crippen LogP) is 3.81. The Morgan fingerprint density at radius 3 is 2.89 bits per heavy atom. The first kappa shape index (κ1) is 17.9. The first-order valence-corrected chi connectivity index (χ1v) is 8.93. The number of anilines is 1. The maximum Gasteiger partial charge on any atom is 0.253 e. The summed E-state index contributed by atoms with van der Waals surface area (Å²) in [6, 6.07) is 13.5. The molecule has 6 heteroatoms. The normalized spacial score (nSPS) is 16.4. The highest BCUT2D eigenvalue weighted by Crippen LogP contribution is 2.33. The van der Waals surface area contributed by atoms with E-state index in [1.165, 1.54) is 18.3 Å². The Kier molecular flexibility index (Phi) is 4.61. The van der Waals surface area contributed by atoms with Gasteiger partial charge in [0.1, 0.15) is 5.82 Å². The number of pyridine rings is 1. The second kappa shape index (κ2) is 7.23. The topological polar surface area (TPSA) is 71.1 Å². The third-order valence-corrected chi connectivity index (χ3v) is 4.90. The molecule has 2 N–H and O–H groups in total. The molecule has 1 aliphatic heterocycles. The molecule has 5 nitrogen and oxygen atoms in total. The average molecular weight is 375 g/mol. The summed E-state index contributed by atoms with van der Waals surface area (Å²) >= 11 is 0. The van der Waals surface area contributed by atoms with Gasteiger partial charge in [-0.05, 0) is 48.4 Å². The summed E-state index contributed by atoms with van der Waals surface area (Å²) in [6.07, 6.45) is 3.19. The second-order valence-corrected chi connectivity index (χ2v) is 6.76. The summed E-state index contributed by atoms with van der Waals surface area (Å²) in [6.45, 7) is 1.91. The highest BCUT2D eigenvalue weighted by molar-refractivity contribution is 6.10. The molecular formula is C22H18FN3O2. The van der Waals surface area contributed by atoms with E-state index >= 15 is 0 Å². The molecule has 2 aromatic carbocycles. The molecule has 0 fully saturated rings. The largest absolute Gasteiger partial charge is 0.332 e. The minimum atomic E-state index is -0.516. The van der Waals surface area contributed by atoms with Gasteiger partial charge in [-0.15, -0.1) is 0 Å². The number of fused-ring (bicyclic) bond motifs is 1. The Bertz CT molecular complexity index is 1120. The van der Waals surface area contributed by atoms with Gasteiger partial charge < -0.3 is 10.6 Å². The van der Waals surface area contributed by atoms with Crippen molar-refractivity contribution in [3.63, 3.8) is 0 Å². The summed E-state index contributed by atoms with van der Waals surface area (Å²) in [4.78, 5) is 29.3. The van der Waals surface area contributed by atoms with Crippen LogP contribution < -0.4 is 10.6 Å². The fourth-order valence-electron chi connectivity index (χ4n) is 3.47. The number of nitrogens with one attached hydrogen (secondary N) is 2. The van der Waals surface area contributed by atoms with Crippen LogP contribution in [0.1, 0.15) is 23.5 Å². The second-order valence-electron chi connectivity index (χ2n) is 6.76. The minimum Gasteiger partial charge on any atom is -0.332 e. The van der Waals surface area contributed by atoms with Crippen molar-refractivity contribution in [2.45, 2.75) is 19.3 Å². The van der Waals surface area contributed by atoms with E-state index in [0.717, 1.165) is 16.5 Å². The zero-order valence-electron chi connectivity index (χ0n) is 15.2. The van der Waals surface area contributed by atoms with E-state index in [9.17, 15) is 14.0 Å². The molecule has 1 aromatic heterocycles. The van der Waals surface area contributed by atoms with Crippen LogP contribution in [0, 0.1) is 12.7 Å². The van der Waals surface area contributed by atoms with Crippen molar-refractivity contribution >= 4 is 28.4 Å². The number of benzene rings is 2. The van der Waals surface area contributed by atoms with Crippen LogP contribution in [0.2, 0.25) is 0 Å². The molecule has 0 spiro atoms. The van der Waals surface area contributed by atoms with Gasteiger partial charge in [0.05, 0.1) is 11.2 Å². The van der Waals surface area contributed by atoms with Crippen LogP contribution in [-0.2, 0) is 9.59 Å². The number of carbonyl (C=O) groups is 2. The van der Waals surface area contributed by atoms with Crippen LogP contribution in [0.3, 0.4) is 0 Å². The van der Waals surface area contributed by atoms with Crippen LogP contribution in [0.4, 0.5) is 10.1 Å². The van der Waals surface area contributed by atoms with E-state index in [2.05, 4.69) is 15.6 Å². The monoisotopic (exact) mass is 375 g/mol. The molecule has 140 valence electrons. The Labute approximate surface area is 161 Å². The van der Waals surface area contributed by atoms with Crippen molar-refractivity contribution in [3.05, 3.63) is 83.4 Å². The molecule has 2 amide bonds. The lowest BCUT2D eigenvalue weighted by Crippen LogP contribution is -2.32. The zero-order valence-corrected chi connectivity index (χ0v) is 15.2. The quantitative estimate of drug-likeness (QED) is 0.731. The summed E-state index contributed by atoms with van der Waals surface area (Å²) in [5, 5.41) is 6.39. The van der Waals surface area contributed by atoms with Crippen molar-refractivity contribution in [2.75, 3.05) is 5.32 Å². The predicted molar refractivity (Wildman–Crippen MR) is 105 cm³/mol. The number of amides is 2. The fraction of sp³-hybridized carbons (Fsp3) is 0.136. The van der Waals surface area contributed by atoms with E-state index in [0.29, 0.717) is 16.8 Å². The molecule has 0 aliphatic carbocycles. The van der Waals surface area contributed by atoms with E-state index in [1.54, 1.807) is 18.3 Å². The Balaban J connectivity index is 1.71. The number of halogens is 1. The summed E-state index contributed by atoms with van der Waals surface area (Å²) < 4.78 is 13.7. The zero-order chi connectivity index (χ0) is 19.7. The van der Waals surface area contributed by atoms with Gasteiger partial charge in [0, 0.05) is 35.7 Å². The molecule has 0 saturated heterocycles. The third-order valence-electron chi connectivity index (χ3n) is 4.90. The van der Waals surface area contributed by atoms with Crippen molar-refractivity contribution in [2.24, 2.45) is 0 Å². The van der Waals surface area contributed by atoms with Gasteiger partial charge in [0.25, 0.3) is 5.91 Å². The number of nitrogens with zero attached hydrogens (tertiary/aromatic N) is 1. The van der Waals surface area contributed by atoms with Crippen LogP contribution in [0.5, 0.6) is 0 Å². The molecule has 2 heterocycles. The lowest BCUT2D eigenvalue weighted by molar-refractivity contribution is -0.121. The Morgan fingerprint density at radius 2 is 2.07 bits per heavy atom. The van der Waals surface area contributed by atoms with Gasteiger partial charge in [0.15, 0.2) is 0 Å². The van der Waals surface area contributed by atoms with Gasteiger partial charge in [-0.3, -0.25) is 14.6 Å². The standard InChI is InChI=1S/C22H18FN3O2/c1-13-7-8-19-16(6-3-9-24-19)21(13)26-22(28)18-12-25-20(27)11-17(18)14-4-2-5-15(23)10-14/h2-10,12,17H,11H2,1H3,(H,25,27)(H,26,28)/t17-/m0/s1. The molecule has 4 rings (SSSR count). The lowest BCUT2D eigenvalue weighted by atomic mass is 9.86. The Morgan fingerprint density at radius 1 is 1.21 bits per heavy atom. The van der Waals surface area contributed by atoms with Crippen LogP contribution in [0.25, 0.3) is 10.9 Å². The number of rotatable bonds is 3. The molecule has 1 aliphatic rings. The van der Waals surface area contributed by atoms with Crippen molar-refractivity contribution in [1.82, 2.24) is 10.3 Å². The molecule has 0 saturated carbocycles. The van der Waals surface area contributed by atoms with Crippen LogP contribution in [0.15, 0.2) is 66.5 Å². The molecule has 0 unspecified atom stereocenters. The summed E-state index contributed by atoms with van der Waals surface area (Å²) in [5.41, 5.74) is 3.32. The molecule has 1 atom stereocenters. The number of aromatic nitrogens is 1. The smallest absolute Gasteiger partial charge is 0.253 e. The van der Waals surface area contributed by atoms with E-state index in [1.807, 2.05) is 31.2 Å². The van der Waals surface area contributed by atoms with Crippen molar-refractivity contribution < 1.29 is 14.0 Å². The average Bonchev–Trinajstić information content (AvgIpc) is 2.70. The number of hydrogen-bond acceptors (Lipinski definition) is 3. The number of carbonyl (C=O) groups excluding carboxylic acids is 2. The van der Waals surface area contributed by atoms with Gasteiger partial charge >= 0.3 is 0 Å². The van der Waals surface area contributed by atoms with Gasteiger partial charge in [-0.25, -0.2) is 4.39 Å². The maximum atomic E-state index is 13.7. The highest BCUT2D eigenvalue weighted by Gasteiger charge is 2.29. The molecule has 0 radical (unpaired) electrons. The van der Waals surface area contributed by atoms with Crippen LogP contribution in [-0.4, -0.2) is 16.8 Å². The first-order chi connectivity index (χ1) is 13.5. The highest BCUT2D eigenvalue weighted by atomic mass is 19.1. The van der Waals surface area contributed by atoms with Crippen molar-refractivity contribution in [1.29, 1.82) is 0 Å². The summed E-state index contributed by atoms with van der Waals surface area (Å²) in [7, 11) is 0. The van der Waals surface area contributed by atoms with E-state index in [4.69, 9.17) is 0 Å². The SMILES string of the molecule is Cc1ccc2ncccc2c1NC(=O)C1=CNC(=O)C[C@H]1c1cccc(F)c1. The maximum absolute atomic E-state index is 13.7. The van der Waals surface area contributed by atoms with E-state index < -0.39 is 11.7 Å². The minimum absolute atomic E-state index is 0.0821. The van der Waals surface area contributed by atoms with Crippen molar-refractivity contribution in [3.8, 4) is 0 Å². The number of aryl methyl sites for hydroxylation is 1. The molecular weight excluding hydrogens is 357 g/mol. The van der Waals surface area contributed by atoms with Gasteiger partial charge in [-0.2, -0.15) is 0 Å². The molecule has 28 heavy (non-hydrogen) atoms. The van der Waals surface area contributed by atoms with Crippen LogP contribution >= 0.6 is 0 Å². The molecule has 3 aromatic rings. The fourth-order valence-corrected chi connectivity index (χ4v) is 3.47. The lowest BCUT2D eigenvalue weighted by Gasteiger charge is -2.24. The van der Waals surface area contributed by atoms with E-state index in [-0.39, 0.29) is 18.2 Å². The molecule has 0 bridgehead atoms. The van der Waals surface area contributed by atoms with Gasteiger partial charge in [0.2, 0.25) is 5.91 Å². The summed E-state index contributed by atoms with van der Waals surface area (Å²) in [5.74, 6) is -1.47. The number of hydrogen-bond donors (Lipinski definition) is 2. The Hall–Kier alpha value is -3.54.